The number of aromatic nitrogens is 1. The first-order valence-corrected chi connectivity index (χ1v) is 13.2. The molecule has 7 nitrogen and oxygen atoms in total. The third kappa shape index (κ3) is 5.54. The molecule has 1 aliphatic heterocycles. The molecule has 0 spiro atoms. The molecular formula is C29H29ClF2N4O3. The second kappa shape index (κ2) is 10.4. The van der Waals surface area contributed by atoms with Crippen LogP contribution in [0.2, 0.25) is 0 Å². The highest BCUT2D eigenvalue weighted by Gasteiger charge is 2.49. The Balaban J connectivity index is 1.53. The van der Waals surface area contributed by atoms with Crippen LogP contribution >= 0.6 is 11.6 Å². The Morgan fingerprint density at radius 2 is 1.90 bits per heavy atom. The van der Waals surface area contributed by atoms with Crippen LogP contribution in [0.5, 0.6) is 5.75 Å². The zero-order chi connectivity index (χ0) is 27.9. The van der Waals surface area contributed by atoms with Gasteiger partial charge < -0.3 is 20.3 Å². The Morgan fingerprint density at radius 1 is 1.15 bits per heavy atom. The predicted molar refractivity (Wildman–Crippen MR) is 146 cm³/mol. The second-order valence-corrected chi connectivity index (χ2v) is 10.7. The van der Waals surface area contributed by atoms with Crippen molar-refractivity contribution < 1.29 is 23.1 Å². The van der Waals surface area contributed by atoms with Crippen LogP contribution in [0.1, 0.15) is 55.5 Å². The summed E-state index contributed by atoms with van der Waals surface area (Å²) in [4.78, 5) is 32.1. The highest BCUT2D eigenvalue weighted by Crippen LogP contribution is 2.54. The number of anilines is 2. The van der Waals surface area contributed by atoms with E-state index < -0.39 is 5.57 Å². The van der Waals surface area contributed by atoms with Crippen molar-refractivity contribution in [1.29, 1.82) is 0 Å². The van der Waals surface area contributed by atoms with Gasteiger partial charge in [-0.2, -0.15) is 0 Å². The van der Waals surface area contributed by atoms with Gasteiger partial charge in [0.15, 0.2) is 0 Å². The molecule has 204 valence electrons. The highest BCUT2D eigenvalue weighted by atomic mass is 35.5. The quantitative estimate of drug-likeness (QED) is 0.342. The normalized spacial score (nSPS) is 20.0. The number of carbonyl (C=O) groups excluding carboxylic acids is 2. The van der Waals surface area contributed by atoms with Gasteiger partial charge in [-0.3, -0.25) is 14.6 Å². The number of alkyl halides is 3. The summed E-state index contributed by atoms with van der Waals surface area (Å²) in [5.74, 6) is -0.371. The summed E-state index contributed by atoms with van der Waals surface area (Å²) < 4.78 is 30.2. The number of carbonyl (C=O) groups is 2. The number of nitrogens with one attached hydrogen (secondary N) is 2. The molecule has 1 aliphatic carbocycles. The van der Waals surface area contributed by atoms with Gasteiger partial charge in [0.25, 0.3) is 5.91 Å². The predicted octanol–water partition coefficient (Wildman–Crippen LogP) is 6.15. The van der Waals surface area contributed by atoms with Crippen LogP contribution < -0.4 is 20.3 Å². The first-order valence-electron chi connectivity index (χ1n) is 12.8. The molecule has 2 aromatic carbocycles. The molecule has 2 heterocycles. The average Bonchev–Trinajstić information content (AvgIpc) is 3.42. The standard InChI is InChI=1S/C29H29ClF2N4O3/c1-16(2)36-26-23(18-5-4-12-33-15-18)13-19(14-24(26)22-10-11-25(27(22)36)34-17(3)37)28(38)35-20-6-8-21(9-7-20)39-29(30,31)32/h4-9,12-16,22,25,27H,10-11H2,1-3H3,(H,34,37)(H,35,38). The maximum absolute atomic E-state index is 13.5. The number of fused-ring (bicyclic) bond motifs is 3. The lowest BCUT2D eigenvalue weighted by Gasteiger charge is -2.36. The molecule has 3 atom stereocenters. The minimum absolute atomic E-state index is 0.00224. The van der Waals surface area contributed by atoms with Crippen LogP contribution in [-0.4, -0.2) is 40.5 Å². The number of benzene rings is 2. The molecule has 2 aliphatic rings. The molecule has 1 aromatic heterocycles. The third-order valence-electron chi connectivity index (χ3n) is 7.26. The Labute approximate surface area is 230 Å². The van der Waals surface area contributed by atoms with Gasteiger partial charge >= 0.3 is 5.57 Å². The number of rotatable bonds is 7. The summed E-state index contributed by atoms with van der Waals surface area (Å²) >= 11 is 4.83. The van der Waals surface area contributed by atoms with Crippen LogP contribution in [0.4, 0.5) is 20.2 Å². The highest BCUT2D eigenvalue weighted by molar-refractivity contribution is 6.20. The van der Waals surface area contributed by atoms with Gasteiger partial charge in [0.1, 0.15) is 5.75 Å². The first kappa shape index (κ1) is 26.9. The lowest BCUT2D eigenvalue weighted by atomic mass is 9.91. The van der Waals surface area contributed by atoms with Crippen molar-refractivity contribution in [3.8, 4) is 16.9 Å². The number of hydrogen-bond donors (Lipinski definition) is 2. The van der Waals surface area contributed by atoms with Crippen LogP contribution in [0, 0.1) is 0 Å². The van der Waals surface area contributed by atoms with Gasteiger partial charge in [-0.25, -0.2) is 0 Å². The summed E-state index contributed by atoms with van der Waals surface area (Å²) in [6.07, 6.45) is 5.22. The molecule has 0 saturated heterocycles. The Kier molecular flexibility index (Phi) is 7.20. The monoisotopic (exact) mass is 554 g/mol. The fourth-order valence-electron chi connectivity index (χ4n) is 5.92. The molecule has 3 aromatic rings. The number of amides is 2. The van der Waals surface area contributed by atoms with E-state index in [0.29, 0.717) is 11.3 Å². The zero-order valence-electron chi connectivity index (χ0n) is 21.8. The van der Waals surface area contributed by atoms with E-state index >= 15 is 0 Å². The average molecular weight is 555 g/mol. The van der Waals surface area contributed by atoms with Gasteiger partial charge in [0, 0.05) is 77.0 Å². The molecule has 5 rings (SSSR count). The molecule has 1 fully saturated rings. The summed E-state index contributed by atoms with van der Waals surface area (Å²) in [6.45, 7) is 5.81. The minimum atomic E-state index is -3.82. The zero-order valence-corrected chi connectivity index (χ0v) is 22.5. The lowest BCUT2D eigenvalue weighted by Crippen LogP contribution is -2.50. The van der Waals surface area contributed by atoms with E-state index in [1.54, 1.807) is 19.3 Å². The van der Waals surface area contributed by atoms with Gasteiger partial charge in [-0.1, -0.05) is 6.07 Å². The lowest BCUT2D eigenvalue weighted by molar-refractivity contribution is -0.119. The van der Waals surface area contributed by atoms with Crippen molar-refractivity contribution in [3.05, 3.63) is 72.1 Å². The van der Waals surface area contributed by atoms with E-state index in [9.17, 15) is 18.4 Å². The van der Waals surface area contributed by atoms with Gasteiger partial charge in [-0.15, -0.1) is 8.78 Å². The molecule has 2 N–H and O–H groups in total. The number of pyridine rings is 1. The number of nitrogens with zero attached hydrogens (tertiary/aromatic N) is 2. The Morgan fingerprint density at radius 3 is 2.51 bits per heavy atom. The molecule has 1 saturated carbocycles. The van der Waals surface area contributed by atoms with E-state index in [2.05, 4.69) is 39.1 Å². The van der Waals surface area contributed by atoms with Crippen molar-refractivity contribution in [2.24, 2.45) is 0 Å². The summed E-state index contributed by atoms with van der Waals surface area (Å²) in [6, 6.07) is 13.4. The number of ether oxygens (including phenoxy) is 1. The van der Waals surface area contributed by atoms with Crippen molar-refractivity contribution in [1.82, 2.24) is 10.3 Å². The van der Waals surface area contributed by atoms with Gasteiger partial charge in [-0.05, 0) is 74.7 Å². The van der Waals surface area contributed by atoms with Crippen LogP contribution in [0.25, 0.3) is 11.1 Å². The van der Waals surface area contributed by atoms with E-state index in [0.717, 1.165) is 35.2 Å². The Hall–Kier alpha value is -3.72. The maximum atomic E-state index is 13.5. The van der Waals surface area contributed by atoms with E-state index in [1.165, 1.54) is 24.3 Å². The van der Waals surface area contributed by atoms with Crippen LogP contribution in [0.3, 0.4) is 0 Å². The molecular weight excluding hydrogens is 526 g/mol. The van der Waals surface area contributed by atoms with Crippen molar-refractivity contribution in [3.63, 3.8) is 0 Å². The molecule has 0 radical (unpaired) electrons. The van der Waals surface area contributed by atoms with Crippen LogP contribution in [-0.2, 0) is 4.79 Å². The van der Waals surface area contributed by atoms with E-state index in [4.69, 9.17) is 11.6 Å². The van der Waals surface area contributed by atoms with Gasteiger partial charge in [0.05, 0.1) is 6.04 Å². The SMILES string of the molecule is CC(=O)NC1CCC2c3cc(C(=O)Nc4ccc(OC(F)(F)Cl)cc4)cc(-c4cccnc4)c3N(C(C)C)C12. The smallest absolute Gasteiger partial charge is 0.420 e. The molecule has 2 amide bonds. The maximum Gasteiger partial charge on any atom is 0.487 e. The van der Waals surface area contributed by atoms with E-state index in [-0.39, 0.29) is 41.6 Å². The van der Waals surface area contributed by atoms with Crippen molar-refractivity contribution in [2.75, 3.05) is 10.2 Å². The fraction of sp³-hybridized carbons (Fsp3) is 0.345. The number of hydrogen-bond acceptors (Lipinski definition) is 5. The van der Waals surface area contributed by atoms with Gasteiger partial charge in [0.2, 0.25) is 5.91 Å². The first-order chi connectivity index (χ1) is 18.5. The van der Waals surface area contributed by atoms with Crippen LogP contribution in [0.15, 0.2) is 60.9 Å². The summed E-state index contributed by atoms with van der Waals surface area (Å²) in [5.41, 5.74) is 0.967. The molecule has 39 heavy (non-hydrogen) atoms. The minimum Gasteiger partial charge on any atom is -0.420 e. The van der Waals surface area contributed by atoms with E-state index in [1.807, 2.05) is 24.3 Å². The Bertz CT molecular complexity index is 1380. The van der Waals surface area contributed by atoms with Crippen molar-refractivity contribution >= 4 is 34.8 Å². The number of halogens is 3. The fourth-order valence-corrected chi connectivity index (χ4v) is 6.01. The largest absolute Gasteiger partial charge is 0.487 e. The topological polar surface area (TPSA) is 83.6 Å². The third-order valence-corrected chi connectivity index (χ3v) is 7.33. The summed E-state index contributed by atoms with van der Waals surface area (Å²) in [5, 5.41) is 5.99. The molecule has 0 bridgehead atoms. The van der Waals surface area contributed by atoms with Crippen molar-refractivity contribution in [2.45, 2.75) is 63.2 Å². The molecule has 3 unspecified atom stereocenters. The second-order valence-electron chi connectivity index (χ2n) is 10.2. The molecule has 10 heteroatoms. The summed E-state index contributed by atoms with van der Waals surface area (Å²) in [7, 11) is 0.